The highest BCUT2D eigenvalue weighted by Gasteiger charge is 2.08. The normalized spacial score (nSPS) is 11.1. The van der Waals surface area contributed by atoms with Crippen LogP contribution in [0.25, 0.3) is 0 Å². The fourth-order valence-corrected chi connectivity index (χ4v) is 1.99. The summed E-state index contributed by atoms with van der Waals surface area (Å²) >= 11 is 0. The number of rotatable bonds is 8. The van der Waals surface area contributed by atoms with Gasteiger partial charge in [-0.3, -0.25) is 4.90 Å². The number of halogens is 1. The highest BCUT2D eigenvalue weighted by atomic mass is 19.1. The first-order valence-corrected chi connectivity index (χ1v) is 6.93. The van der Waals surface area contributed by atoms with E-state index in [2.05, 4.69) is 18.7 Å². The molecule has 0 unspecified atom stereocenters. The van der Waals surface area contributed by atoms with E-state index in [1.807, 2.05) is 0 Å². The average molecular weight is 252 g/mol. The number of hydrogen-bond donors (Lipinski definition) is 1. The maximum absolute atomic E-state index is 13.2. The van der Waals surface area contributed by atoms with Gasteiger partial charge < -0.3 is 5.73 Å². The van der Waals surface area contributed by atoms with Gasteiger partial charge in [-0.15, -0.1) is 0 Å². The molecule has 3 heteroatoms. The van der Waals surface area contributed by atoms with Gasteiger partial charge in [-0.1, -0.05) is 26.7 Å². The molecule has 2 nitrogen and oxygen atoms in total. The van der Waals surface area contributed by atoms with E-state index in [9.17, 15) is 4.39 Å². The maximum Gasteiger partial charge on any atom is 0.123 e. The van der Waals surface area contributed by atoms with E-state index in [1.54, 1.807) is 12.1 Å². The van der Waals surface area contributed by atoms with Crippen LogP contribution in [0.15, 0.2) is 18.2 Å². The van der Waals surface area contributed by atoms with Crippen molar-refractivity contribution in [1.29, 1.82) is 0 Å². The van der Waals surface area contributed by atoms with E-state index in [-0.39, 0.29) is 5.82 Å². The third-order valence-corrected chi connectivity index (χ3v) is 3.15. The van der Waals surface area contributed by atoms with Crippen LogP contribution in [0.1, 0.15) is 45.1 Å². The van der Waals surface area contributed by atoms with Gasteiger partial charge in [0.25, 0.3) is 0 Å². The molecule has 0 aliphatic rings. The zero-order valence-electron chi connectivity index (χ0n) is 11.6. The summed E-state index contributed by atoms with van der Waals surface area (Å²) in [6, 6.07) is 4.63. The summed E-state index contributed by atoms with van der Waals surface area (Å²) < 4.78 is 13.2. The van der Waals surface area contributed by atoms with Crippen LogP contribution in [-0.4, -0.2) is 18.0 Å². The lowest BCUT2D eigenvalue weighted by molar-refractivity contribution is 0.257. The van der Waals surface area contributed by atoms with Gasteiger partial charge >= 0.3 is 0 Å². The van der Waals surface area contributed by atoms with Crippen molar-refractivity contribution < 1.29 is 4.39 Å². The Morgan fingerprint density at radius 2 is 1.72 bits per heavy atom. The molecule has 0 fully saturated rings. The van der Waals surface area contributed by atoms with E-state index >= 15 is 0 Å². The van der Waals surface area contributed by atoms with Crippen LogP contribution in [0.3, 0.4) is 0 Å². The van der Waals surface area contributed by atoms with E-state index in [0.717, 1.165) is 25.2 Å². The first-order valence-electron chi connectivity index (χ1n) is 6.93. The quantitative estimate of drug-likeness (QED) is 0.713. The van der Waals surface area contributed by atoms with Gasteiger partial charge in [-0.05, 0) is 49.7 Å². The number of anilines is 1. The van der Waals surface area contributed by atoms with Crippen molar-refractivity contribution in [2.24, 2.45) is 0 Å². The SMILES string of the molecule is CCCCN(CCCC)Cc1cc(F)ccc1N. The maximum atomic E-state index is 13.2. The summed E-state index contributed by atoms with van der Waals surface area (Å²) in [6.45, 7) is 7.26. The third-order valence-electron chi connectivity index (χ3n) is 3.15. The Hall–Kier alpha value is -1.09. The van der Waals surface area contributed by atoms with Gasteiger partial charge in [0, 0.05) is 12.2 Å². The standard InChI is InChI=1S/C15H25FN2/c1-3-5-9-18(10-6-4-2)12-13-11-14(16)7-8-15(13)17/h7-8,11H,3-6,9-10,12,17H2,1-2H3. The Labute approximate surface area is 110 Å². The molecule has 0 spiro atoms. The van der Waals surface area contributed by atoms with Crippen LogP contribution >= 0.6 is 0 Å². The first-order chi connectivity index (χ1) is 8.67. The van der Waals surface area contributed by atoms with E-state index in [4.69, 9.17) is 5.73 Å². The largest absolute Gasteiger partial charge is 0.398 e. The fraction of sp³-hybridized carbons (Fsp3) is 0.600. The second-order valence-corrected chi connectivity index (χ2v) is 4.83. The molecule has 0 saturated carbocycles. The Bertz CT molecular complexity index is 344. The summed E-state index contributed by atoms with van der Waals surface area (Å²) in [5, 5.41) is 0. The molecule has 1 aromatic carbocycles. The minimum absolute atomic E-state index is 0.204. The van der Waals surface area contributed by atoms with Gasteiger partial charge in [0.05, 0.1) is 0 Å². The van der Waals surface area contributed by atoms with Gasteiger partial charge in [0.2, 0.25) is 0 Å². The molecule has 0 bridgehead atoms. The lowest BCUT2D eigenvalue weighted by Crippen LogP contribution is -2.26. The van der Waals surface area contributed by atoms with E-state index < -0.39 is 0 Å². The predicted octanol–water partition coefficient (Wildman–Crippen LogP) is 3.81. The highest BCUT2D eigenvalue weighted by molar-refractivity contribution is 5.46. The molecule has 0 aromatic heterocycles. The van der Waals surface area contributed by atoms with Gasteiger partial charge in [-0.25, -0.2) is 4.39 Å². The molecular weight excluding hydrogens is 227 g/mol. The van der Waals surface area contributed by atoms with Crippen LogP contribution in [0.2, 0.25) is 0 Å². The van der Waals surface area contributed by atoms with E-state index in [1.165, 1.54) is 31.7 Å². The molecule has 18 heavy (non-hydrogen) atoms. The molecule has 0 saturated heterocycles. The third kappa shape index (κ3) is 5.05. The topological polar surface area (TPSA) is 29.3 Å². The number of unbranched alkanes of at least 4 members (excludes halogenated alkanes) is 2. The Morgan fingerprint density at radius 1 is 1.11 bits per heavy atom. The van der Waals surface area contributed by atoms with Crippen LogP contribution in [0.4, 0.5) is 10.1 Å². The molecule has 0 radical (unpaired) electrons. The van der Waals surface area contributed by atoms with Crippen LogP contribution < -0.4 is 5.73 Å². The van der Waals surface area contributed by atoms with Gasteiger partial charge in [-0.2, -0.15) is 0 Å². The van der Waals surface area contributed by atoms with Crippen molar-refractivity contribution in [3.05, 3.63) is 29.6 Å². The lowest BCUT2D eigenvalue weighted by Gasteiger charge is -2.22. The smallest absolute Gasteiger partial charge is 0.123 e. The Kier molecular flexibility index (Phi) is 6.73. The van der Waals surface area contributed by atoms with Crippen LogP contribution in [-0.2, 0) is 6.54 Å². The van der Waals surface area contributed by atoms with Gasteiger partial charge in [0.15, 0.2) is 0 Å². The summed E-state index contributed by atoms with van der Waals surface area (Å²) in [7, 11) is 0. The van der Waals surface area contributed by atoms with Crippen molar-refractivity contribution in [3.8, 4) is 0 Å². The molecular formula is C15H25FN2. The molecule has 0 amide bonds. The molecule has 1 rings (SSSR count). The first kappa shape index (κ1) is 15.0. The minimum Gasteiger partial charge on any atom is -0.398 e. The van der Waals surface area contributed by atoms with Crippen molar-refractivity contribution >= 4 is 5.69 Å². The zero-order chi connectivity index (χ0) is 13.4. The predicted molar refractivity (Wildman–Crippen MR) is 75.9 cm³/mol. The number of benzene rings is 1. The summed E-state index contributed by atoms with van der Waals surface area (Å²) in [5.41, 5.74) is 7.50. The molecule has 102 valence electrons. The minimum atomic E-state index is -0.204. The fourth-order valence-electron chi connectivity index (χ4n) is 1.99. The number of hydrogen-bond acceptors (Lipinski definition) is 2. The van der Waals surface area contributed by atoms with Crippen molar-refractivity contribution in [2.75, 3.05) is 18.8 Å². The Balaban J connectivity index is 2.65. The lowest BCUT2D eigenvalue weighted by atomic mass is 10.1. The monoisotopic (exact) mass is 252 g/mol. The van der Waals surface area contributed by atoms with Crippen LogP contribution in [0, 0.1) is 5.82 Å². The zero-order valence-corrected chi connectivity index (χ0v) is 11.6. The molecule has 1 aromatic rings. The van der Waals surface area contributed by atoms with Gasteiger partial charge in [0.1, 0.15) is 5.82 Å². The average Bonchev–Trinajstić information content (AvgIpc) is 2.37. The van der Waals surface area contributed by atoms with Crippen molar-refractivity contribution in [1.82, 2.24) is 4.90 Å². The van der Waals surface area contributed by atoms with Crippen molar-refractivity contribution in [2.45, 2.75) is 46.1 Å². The number of nitrogens with two attached hydrogens (primary N) is 1. The Morgan fingerprint density at radius 3 is 2.28 bits per heavy atom. The second kappa shape index (κ2) is 8.09. The highest BCUT2D eigenvalue weighted by Crippen LogP contribution is 2.16. The molecule has 0 aliphatic heterocycles. The molecule has 0 atom stereocenters. The summed E-state index contributed by atoms with van der Waals surface area (Å²) in [5.74, 6) is -0.204. The number of nitrogens with zero attached hydrogens (tertiary/aromatic N) is 1. The van der Waals surface area contributed by atoms with E-state index in [0.29, 0.717) is 5.69 Å². The number of nitrogen functional groups attached to an aromatic ring is 1. The molecule has 2 N–H and O–H groups in total. The summed E-state index contributed by atoms with van der Waals surface area (Å²) in [4.78, 5) is 2.37. The molecule has 0 heterocycles. The molecule has 0 aliphatic carbocycles. The second-order valence-electron chi connectivity index (χ2n) is 4.83. The van der Waals surface area contributed by atoms with Crippen LogP contribution in [0.5, 0.6) is 0 Å². The summed E-state index contributed by atoms with van der Waals surface area (Å²) in [6.07, 6.45) is 4.72. The van der Waals surface area contributed by atoms with Crippen molar-refractivity contribution in [3.63, 3.8) is 0 Å².